The zero-order valence-electron chi connectivity index (χ0n) is 11.3. The van der Waals surface area contributed by atoms with Crippen LogP contribution in [0.2, 0.25) is 5.02 Å². The molecule has 1 N–H and O–H groups in total. The molecule has 0 atom stereocenters. The molecule has 0 saturated carbocycles. The SMILES string of the molecule is O=C(CSc1nc2cc(Cl)ccc2o1)Nc1ncc(Br)cc1Br. The largest absolute Gasteiger partial charge is 0.431 e. The minimum absolute atomic E-state index is 0.157. The maximum absolute atomic E-state index is 12.0. The molecule has 0 unspecified atom stereocenters. The number of carbonyl (C=O) groups excluding carboxylic acids is 1. The normalized spacial score (nSPS) is 10.9. The lowest BCUT2D eigenvalue weighted by Crippen LogP contribution is -2.15. The number of nitrogens with zero attached hydrogens (tertiary/aromatic N) is 2. The summed E-state index contributed by atoms with van der Waals surface area (Å²) in [6.07, 6.45) is 1.61. The van der Waals surface area contributed by atoms with Gasteiger partial charge in [0.15, 0.2) is 5.58 Å². The summed E-state index contributed by atoms with van der Waals surface area (Å²) in [7, 11) is 0. The Kier molecular flexibility index (Phi) is 5.25. The number of rotatable bonds is 4. The second-order valence-corrected chi connectivity index (χ2v) is 7.55. The number of hydrogen-bond acceptors (Lipinski definition) is 5. The first kappa shape index (κ1) is 16.8. The Balaban J connectivity index is 1.63. The van der Waals surface area contributed by atoms with Crippen LogP contribution >= 0.6 is 55.2 Å². The van der Waals surface area contributed by atoms with Crippen molar-refractivity contribution in [1.82, 2.24) is 9.97 Å². The predicted octanol–water partition coefficient (Wildman–Crippen LogP) is 5.13. The van der Waals surface area contributed by atoms with Crippen LogP contribution < -0.4 is 5.32 Å². The van der Waals surface area contributed by atoms with Gasteiger partial charge >= 0.3 is 0 Å². The van der Waals surface area contributed by atoms with E-state index in [1.165, 1.54) is 11.8 Å². The molecular formula is C14H8Br2ClN3O2S. The van der Waals surface area contributed by atoms with Gasteiger partial charge in [0.05, 0.1) is 10.2 Å². The molecule has 9 heteroatoms. The van der Waals surface area contributed by atoms with Gasteiger partial charge in [0, 0.05) is 15.7 Å². The van der Waals surface area contributed by atoms with E-state index in [1.807, 2.05) is 0 Å². The standard InChI is InChI=1S/C14H8Br2ClN3O2S/c15-7-3-9(16)13(18-5-7)20-12(21)6-23-14-19-10-4-8(17)1-2-11(10)22-14/h1-5H,6H2,(H,18,20,21). The van der Waals surface area contributed by atoms with Crippen molar-refractivity contribution < 1.29 is 9.21 Å². The van der Waals surface area contributed by atoms with Crippen LogP contribution in [0.15, 0.2) is 49.0 Å². The Labute approximate surface area is 157 Å². The fourth-order valence-corrected chi connectivity index (χ4v) is 3.63. The van der Waals surface area contributed by atoms with Crippen LogP contribution in [0.1, 0.15) is 0 Å². The van der Waals surface area contributed by atoms with Crippen molar-refractivity contribution in [3.05, 3.63) is 44.4 Å². The minimum Gasteiger partial charge on any atom is -0.431 e. The molecule has 2 heterocycles. The number of anilines is 1. The van der Waals surface area contributed by atoms with Crippen molar-refractivity contribution >= 4 is 78.0 Å². The second-order valence-electron chi connectivity index (χ2n) is 4.41. The van der Waals surface area contributed by atoms with Gasteiger partial charge in [-0.3, -0.25) is 4.79 Å². The molecule has 0 spiro atoms. The van der Waals surface area contributed by atoms with Crippen LogP contribution in [0.5, 0.6) is 0 Å². The van der Waals surface area contributed by atoms with Crippen molar-refractivity contribution in [1.29, 1.82) is 0 Å². The third-order valence-electron chi connectivity index (χ3n) is 2.72. The number of benzene rings is 1. The number of nitrogens with one attached hydrogen (secondary N) is 1. The molecular weight excluding hydrogens is 470 g/mol. The van der Waals surface area contributed by atoms with Crippen LogP contribution in [0, 0.1) is 0 Å². The highest BCUT2D eigenvalue weighted by Crippen LogP contribution is 2.26. The van der Waals surface area contributed by atoms with Gasteiger partial charge in [-0.25, -0.2) is 9.97 Å². The number of carbonyl (C=O) groups is 1. The highest BCUT2D eigenvalue weighted by atomic mass is 79.9. The Bertz CT molecular complexity index is 888. The summed E-state index contributed by atoms with van der Waals surface area (Å²) in [4.78, 5) is 20.4. The van der Waals surface area contributed by atoms with Gasteiger partial charge < -0.3 is 9.73 Å². The molecule has 1 amide bonds. The predicted molar refractivity (Wildman–Crippen MR) is 98.0 cm³/mol. The Morgan fingerprint density at radius 3 is 2.96 bits per heavy atom. The number of aromatic nitrogens is 2. The van der Waals surface area contributed by atoms with Crippen LogP contribution in [-0.4, -0.2) is 21.6 Å². The van der Waals surface area contributed by atoms with Crippen LogP contribution in [0.3, 0.4) is 0 Å². The molecule has 0 fully saturated rings. The number of amides is 1. The average Bonchev–Trinajstić information content (AvgIpc) is 2.90. The third kappa shape index (κ3) is 4.26. The molecule has 0 radical (unpaired) electrons. The van der Waals surface area contributed by atoms with Crippen molar-refractivity contribution in [3.63, 3.8) is 0 Å². The Morgan fingerprint density at radius 1 is 1.35 bits per heavy atom. The number of fused-ring (bicyclic) bond motifs is 1. The Hall–Kier alpha value is -1.09. The molecule has 23 heavy (non-hydrogen) atoms. The molecule has 1 aromatic carbocycles. The fourth-order valence-electron chi connectivity index (χ4n) is 1.74. The van der Waals surface area contributed by atoms with Crippen LogP contribution in [0.4, 0.5) is 5.82 Å². The van der Waals surface area contributed by atoms with Crippen LogP contribution in [0.25, 0.3) is 11.1 Å². The average molecular weight is 478 g/mol. The summed E-state index contributed by atoms with van der Waals surface area (Å²) in [6, 6.07) is 7.00. The van der Waals surface area contributed by atoms with E-state index in [9.17, 15) is 4.79 Å². The van der Waals surface area contributed by atoms with E-state index < -0.39 is 0 Å². The van der Waals surface area contributed by atoms with Crippen molar-refractivity contribution in [2.45, 2.75) is 5.22 Å². The molecule has 5 nitrogen and oxygen atoms in total. The highest BCUT2D eigenvalue weighted by Gasteiger charge is 2.11. The number of halogens is 3. The maximum atomic E-state index is 12.0. The minimum atomic E-state index is -0.203. The van der Waals surface area contributed by atoms with Gasteiger partial charge in [0.25, 0.3) is 5.22 Å². The summed E-state index contributed by atoms with van der Waals surface area (Å²) in [5.74, 6) is 0.416. The molecule has 0 aliphatic heterocycles. The first-order valence-corrected chi connectivity index (χ1v) is 9.26. The molecule has 118 valence electrons. The Morgan fingerprint density at radius 2 is 2.17 bits per heavy atom. The number of oxazole rings is 1. The molecule has 0 bridgehead atoms. The molecule has 2 aromatic heterocycles. The summed E-state index contributed by atoms with van der Waals surface area (Å²) < 4.78 is 7.06. The summed E-state index contributed by atoms with van der Waals surface area (Å²) in [5.41, 5.74) is 1.30. The lowest BCUT2D eigenvalue weighted by molar-refractivity contribution is -0.113. The molecule has 0 aliphatic rings. The fraction of sp³-hybridized carbons (Fsp3) is 0.0714. The first-order valence-electron chi connectivity index (χ1n) is 6.31. The highest BCUT2D eigenvalue weighted by molar-refractivity contribution is 9.11. The van der Waals surface area contributed by atoms with Crippen LogP contribution in [-0.2, 0) is 4.79 Å². The lowest BCUT2D eigenvalue weighted by Gasteiger charge is -2.05. The summed E-state index contributed by atoms with van der Waals surface area (Å²) in [5, 5.41) is 3.73. The number of hydrogen-bond donors (Lipinski definition) is 1. The van der Waals surface area contributed by atoms with Gasteiger partial charge in [0.2, 0.25) is 5.91 Å². The second kappa shape index (κ2) is 7.21. The van der Waals surface area contributed by atoms with Gasteiger partial charge in [0.1, 0.15) is 11.3 Å². The third-order valence-corrected chi connectivity index (χ3v) is 4.82. The number of thioether (sulfide) groups is 1. The lowest BCUT2D eigenvalue weighted by atomic mass is 10.3. The van der Waals surface area contributed by atoms with Gasteiger partial charge in [-0.05, 0) is 56.1 Å². The smallest absolute Gasteiger partial charge is 0.257 e. The summed E-state index contributed by atoms with van der Waals surface area (Å²) in [6.45, 7) is 0. The van der Waals surface area contributed by atoms with Crippen molar-refractivity contribution in [2.75, 3.05) is 11.1 Å². The molecule has 3 aromatic rings. The van der Waals surface area contributed by atoms with E-state index in [4.69, 9.17) is 16.0 Å². The monoisotopic (exact) mass is 475 g/mol. The van der Waals surface area contributed by atoms with Gasteiger partial charge in [-0.15, -0.1) is 0 Å². The zero-order chi connectivity index (χ0) is 16.4. The first-order chi connectivity index (χ1) is 11.0. The number of pyridine rings is 1. The van der Waals surface area contributed by atoms with E-state index in [0.717, 1.165) is 4.47 Å². The van der Waals surface area contributed by atoms with Crippen molar-refractivity contribution in [3.8, 4) is 0 Å². The van der Waals surface area contributed by atoms with E-state index in [2.05, 4.69) is 47.1 Å². The van der Waals surface area contributed by atoms with E-state index >= 15 is 0 Å². The topological polar surface area (TPSA) is 68.0 Å². The summed E-state index contributed by atoms with van der Waals surface area (Å²) >= 11 is 13.8. The quantitative estimate of drug-likeness (QED) is 0.528. The van der Waals surface area contributed by atoms with E-state index in [1.54, 1.807) is 30.5 Å². The molecule has 0 saturated heterocycles. The van der Waals surface area contributed by atoms with Gasteiger partial charge in [-0.2, -0.15) is 0 Å². The van der Waals surface area contributed by atoms with Crippen molar-refractivity contribution in [2.24, 2.45) is 0 Å². The molecule has 3 rings (SSSR count). The molecule has 0 aliphatic carbocycles. The van der Waals surface area contributed by atoms with Gasteiger partial charge in [-0.1, -0.05) is 23.4 Å². The zero-order valence-corrected chi connectivity index (χ0v) is 16.1. The van der Waals surface area contributed by atoms with E-state index in [-0.39, 0.29) is 11.7 Å². The maximum Gasteiger partial charge on any atom is 0.257 e. The van der Waals surface area contributed by atoms with E-state index in [0.29, 0.717) is 31.6 Å².